The Bertz CT molecular complexity index is 400. The highest BCUT2D eigenvalue weighted by molar-refractivity contribution is 5.92. The summed E-state index contributed by atoms with van der Waals surface area (Å²) in [6.45, 7) is 0.702. The van der Waals surface area contributed by atoms with E-state index in [0.29, 0.717) is 18.1 Å². The van der Waals surface area contributed by atoms with Gasteiger partial charge in [0.25, 0.3) is 5.91 Å². The lowest BCUT2D eigenvalue weighted by Gasteiger charge is -2.09. The van der Waals surface area contributed by atoms with Gasteiger partial charge in [-0.3, -0.25) is 4.79 Å². The van der Waals surface area contributed by atoms with Crippen molar-refractivity contribution in [3.05, 3.63) is 17.8 Å². The van der Waals surface area contributed by atoms with E-state index in [9.17, 15) is 4.79 Å². The summed E-state index contributed by atoms with van der Waals surface area (Å²) in [5, 5.41) is 10.4. The summed E-state index contributed by atoms with van der Waals surface area (Å²) in [6.07, 6.45) is 7.69. The number of hydrazine groups is 1. The zero-order chi connectivity index (χ0) is 13.5. The zero-order valence-electron chi connectivity index (χ0n) is 11.1. The first-order valence-corrected chi connectivity index (χ1v) is 6.88. The molecule has 0 unspecified atom stereocenters. The number of nitrogens with two attached hydrogens (primary N) is 1. The molecule has 19 heavy (non-hydrogen) atoms. The standard InChI is InChI=1S/C13H21N5O/c14-16-12-8-7-11(17-18-12)13(19)15-9-3-6-10-4-1-2-5-10/h7-8,10H,1-6,9,14H2,(H,15,19)(H,16,18). The molecule has 6 nitrogen and oxygen atoms in total. The Kier molecular flexibility index (Phi) is 5.09. The predicted octanol–water partition coefficient (Wildman–Crippen LogP) is 1.46. The highest BCUT2D eigenvalue weighted by Crippen LogP contribution is 2.28. The number of hydrogen-bond donors (Lipinski definition) is 3. The molecular weight excluding hydrogens is 242 g/mol. The molecule has 104 valence electrons. The molecule has 1 aromatic heterocycles. The fourth-order valence-electron chi connectivity index (χ4n) is 2.51. The van der Waals surface area contributed by atoms with Gasteiger partial charge in [-0.1, -0.05) is 25.7 Å². The van der Waals surface area contributed by atoms with Crippen LogP contribution in [0.2, 0.25) is 0 Å². The maximum absolute atomic E-state index is 11.8. The number of aromatic nitrogens is 2. The van der Waals surface area contributed by atoms with E-state index >= 15 is 0 Å². The minimum absolute atomic E-state index is 0.178. The van der Waals surface area contributed by atoms with E-state index in [4.69, 9.17) is 5.84 Å². The van der Waals surface area contributed by atoms with Crippen LogP contribution in [0.25, 0.3) is 0 Å². The van der Waals surface area contributed by atoms with Crippen molar-refractivity contribution in [2.24, 2.45) is 11.8 Å². The summed E-state index contributed by atoms with van der Waals surface area (Å²) >= 11 is 0. The van der Waals surface area contributed by atoms with Gasteiger partial charge >= 0.3 is 0 Å². The van der Waals surface area contributed by atoms with Gasteiger partial charge in [-0.25, -0.2) is 5.84 Å². The van der Waals surface area contributed by atoms with Crippen LogP contribution >= 0.6 is 0 Å². The van der Waals surface area contributed by atoms with Crippen molar-refractivity contribution in [1.82, 2.24) is 15.5 Å². The number of amides is 1. The van der Waals surface area contributed by atoms with Crippen LogP contribution < -0.4 is 16.6 Å². The van der Waals surface area contributed by atoms with Crippen molar-refractivity contribution in [2.45, 2.75) is 38.5 Å². The van der Waals surface area contributed by atoms with Crippen molar-refractivity contribution >= 4 is 11.7 Å². The van der Waals surface area contributed by atoms with Gasteiger partial charge in [-0.05, 0) is 30.9 Å². The monoisotopic (exact) mass is 263 g/mol. The smallest absolute Gasteiger partial charge is 0.271 e. The van der Waals surface area contributed by atoms with Crippen LogP contribution in [0.15, 0.2) is 12.1 Å². The summed E-state index contributed by atoms with van der Waals surface area (Å²) in [4.78, 5) is 11.8. The molecule has 0 atom stereocenters. The lowest BCUT2D eigenvalue weighted by Crippen LogP contribution is -2.26. The van der Waals surface area contributed by atoms with E-state index < -0.39 is 0 Å². The highest BCUT2D eigenvalue weighted by Gasteiger charge is 2.14. The molecule has 1 aliphatic carbocycles. The third-order valence-electron chi connectivity index (χ3n) is 3.59. The molecule has 1 saturated carbocycles. The van der Waals surface area contributed by atoms with Gasteiger partial charge in [0, 0.05) is 6.54 Å². The summed E-state index contributed by atoms with van der Waals surface area (Å²) in [7, 11) is 0. The van der Waals surface area contributed by atoms with Crippen LogP contribution in [-0.4, -0.2) is 22.6 Å². The molecule has 4 N–H and O–H groups in total. The molecule has 0 saturated heterocycles. The Hall–Kier alpha value is -1.69. The van der Waals surface area contributed by atoms with E-state index in [1.54, 1.807) is 12.1 Å². The fourth-order valence-corrected chi connectivity index (χ4v) is 2.51. The van der Waals surface area contributed by atoms with Gasteiger partial charge < -0.3 is 10.7 Å². The fraction of sp³-hybridized carbons (Fsp3) is 0.615. The molecule has 2 rings (SSSR count). The van der Waals surface area contributed by atoms with Crippen LogP contribution in [0.4, 0.5) is 5.82 Å². The van der Waals surface area contributed by atoms with Gasteiger partial charge in [-0.15, -0.1) is 10.2 Å². The van der Waals surface area contributed by atoms with Crippen molar-refractivity contribution in [1.29, 1.82) is 0 Å². The van der Waals surface area contributed by atoms with Crippen LogP contribution in [0.3, 0.4) is 0 Å². The quantitative estimate of drug-likeness (QED) is 0.410. The van der Waals surface area contributed by atoms with Gasteiger partial charge in [0.2, 0.25) is 0 Å². The number of hydrogen-bond acceptors (Lipinski definition) is 5. The number of rotatable bonds is 6. The van der Waals surface area contributed by atoms with Crippen LogP contribution in [-0.2, 0) is 0 Å². The summed E-state index contributed by atoms with van der Waals surface area (Å²) in [5.74, 6) is 6.31. The molecule has 1 aromatic rings. The number of nitrogens with one attached hydrogen (secondary N) is 2. The Balaban J connectivity index is 1.68. The van der Waals surface area contributed by atoms with Gasteiger partial charge in [0.05, 0.1) is 0 Å². The molecule has 1 amide bonds. The Morgan fingerprint density at radius 2 is 2.11 bits per heavy atom. The van der Waals surface area contributed by atoms with E-state index in [1.165, 1.54) is 32.1 Å². The molecule has 6 heteroatoms. The van der Waals surface area contributed by atoms with Crippen molar-refractivity contribution in [3.63, 3.8) is 0 Å². The van der Waals surface area contributed by atoms with Crippen LogP contribution in [0, 0.1) is 5.92 Å². The van der Waals surface area contributed by atoms with Crippen molar-refractivity contribution in [2.75, 3.05) is 12.0 Å². The highest BCUT2D eigenvalue weighted by atomic mass is 16.1. The molecule has 0 spiro atoms. The van der Waals surface area contributed by atoms with Gasteiger partial charge in [0.1, 0.15) is 0 Å². The molecule has 1 heterocycles. The zero-order valence-corrected chi connectivity index (χ0v) is 11.1. The third-order valence-corrected chi connectivity index (χ3v) is 3.59. The van der Waals surface area contributed by atoms with E-state index in [0.717, 1.165) is 12.3 Å². The van der Waals surface area contributed by atoms with Crippen LogP contribution in [0.1, 0.15) is 49.0 Å². The average Bonchev–Trinajstić information content (AvgIpc) is 2.96. The molecule has 0 aromatic carbocycles. The van der Waals surface area contributed by atoms with E-state index in [2.05, 4.69) is 20.9 Å². The number of anilines is 1. The number of nitrogen functional groups attached to an aromatic ring is 1. The largest absolute Gasteiger partial charge is 0.351 e. The van der Waals surface area contributed by atoms with Gasteiger partial charge in [0.15, 0.2) is 11.5 Å². The second kappa shape index (κ2) is 7.04. The Morgan fingerprint density at radius 3 is 2.74 bits per heavy atom. The minimum atomic E-state index is -0.178. The number of nitrogens with zero attached hydrogens (tertiary/aromatic N) is 2. The first kappa shape index (κ1) is 13.7. The Morgan fingerprint density at radius 1 is 1.32 bits per heavy atom. The molecule has 1 aliphatic rings. The second-order valence-corrected chi connectivity index (χ2v) is 5.00. The normalized spacial score (nSPS) is 15.4. The van der Waals surface area contributed by atoms with E-state index in [-0.39, 0.29) is 5.91 Å². The molecule has 0 bridgehead atoms. The molecule has 0 aliphatic heterocycles. The number of carbonyl (C=O) groups is 1. The SMILES string of the molecule is NNc1ccc(C(=O)NCCCC2CCCC2)nn1. The third kappa shape index (κ3) is 4.17. The first-order chi connectivity index (χ1) is 9.29. The maximum atomic E-state index is 11.8. The lowest BCUT2D eigenvalue weighted by molar-refractivity contribution is 0.0946. The van der Waals surface area contributed by atoms with E-state index in [1.807, 2.05) is 0 Å². The lowest BCUT2D eigenvalue weighted by atomic mass is 10.0. The number of carbonyl (C=O) groups excluding carboxylic acids is 1. The Labute approximate surface area is 113 Å². The second-order valence-electron chi connectivity index (χ2n) is 5.00. The molecule has 0 radical (unpaired) electrons. The van der Waals surface area contributed by atoms with Crippen molar-refractivity contribution < 1.29 is 4.79 Å². The minimum Gasteiger partial charge on any atom is -0.351 e. The summed E-state index contributed by atoms with van der Waals surface area (Å²) in [6, 6.07) is 3.23. The van der Waals surface area contributed by atoms with Crippen LogP contribution in [0.5, 0.6) is 0 Å². The van der Waals surface area contributed by atoms with Crippen molar-refractivity contribution in [3.8, 4) is 0 Å². The molecular formula is C13H21N5O. The van der Waals surface area contributed by atoms with Gasteiger partial charge in [-0.2, -0.15) is 0 Å². The summed E-state index contributed by atoms with van der Waals surface area (Å²) in [5.41, 5.74) is 2.69. The molecule has 1 fully saturated rings. The predicted molar refractivity (Wildman–Crippen MR) is 73.4 cm³/mol. The first-order valence-electron chi connectivity index (χ1n) is 6.88. The average molecular weight is 263 g/mol. The maximum Gasteiger partial charge on any atom is 0.271 e. The topological polar surface area (TPSA) is 92.9 Å². The summed E-state index contributed by atoms with van der Waals surface area (Å²) < 4.78 is 0.